The Bertz CT molecular complexity index is 929. The van der Waals surface area contributed by atoms with Crippen LogP contribution in [0.25, 0.3) is 10.4 Å². The van der Waals surface area contributed by atoms with Crippen molar-refractivity contribution < 1.29 is 4.74 Å². The maximum absolute atomic E-state index is 6.20. The van der Waals surface area contributed by atoms with Crippen molar-refractivity contribution in [2.45, 2.75) is 6.92 Å². The number of nitrogens with zero attached hydrogens (tertiary/aromatic N) is 4. The van der Waals surface area contributed by atoms with Gasteiger partial charge < -0.3 is 15.0 Å². The van der Waals surface area contributed by atoms with Gasteiger partial charge in [0.1, 0.15) is 10.8 Å². The zero-order valence-electron chi connectivity index (χ0n) is 16.3. The summed E-state index contributed by atoms with van der Waals surface area (Å²) >= 11 is 7.75. The standard InChI is InChI=1S/C19H23ClN6OS/c1-12-16(13-5-7-14(27-4)8-6-13)28-19(23-12)25-18-22-11-15(20)17(24-18)21-9-10-26(2)3/h5-8,11H,9-10H2,1-4H3,(H2,21,22,23,24,25). The van der Waals surface area contributed by atoms with E-state index in [1.54, 1.807) is 24.6 Å². The molecule has 3 aromatic rings. The molecule has 148 valence electrons. The number of likely N-dealkylation sites (N-methyl/N-ethyl adjacent to an activating group) is 1. The summed E-state index contributed by atoms with van der Waals surface area (Å²) in [4.78, 5) is 16.5. The molecular weight excluding hydrogens is 396 g/mol. The number of hydrogen-bond donors (Lipinski definition) is 2. The van der Waals surface area contributed by atoms with Crippen molar-refractivity contribution in [2.24, 2.45) is 0 Å². The van der Waals surface area contributed by atoms with Gasteiger partial charge >= 0.3 is 0 Å². The van der Waals surface area contributed by atoms with Crippen LogP contribution in [0.3, 0.4) is 0 Å². The second kappa shape index (κ2) is 9.18. The molecule has 28 heavy (non-hydrogen) atoms. The molecule has 7 nitrogen and oxygen atoms in total. The van der Waals surface area contributed by atoms with Crippen molar-refractivity contribution in [3.05, 3.63) is 41.2 Å². The molecule has 0 atom stereocenters. The normalized spacial score (nSPS) is 10.9. The van der Waals surface area contributed by atoms with Crippen molar-refractivity contribution in [1.82, 2.24) is 19.9 Å². The molecule has 0 spiro atoms. The van der Waals surface area contributed by atoms with E-state index in [4.69, 9.17) is 16.3 Å². The predicted molar refractivity (Wildman–Crippen MR) is 116 cm³/mol. The molecule has 0 radical (unpaired) electrons. The number of benzene rings is 1. The van der Waals surface area contributed by atoms with Crippen molar-refractivity contribution >= 4 is 39.8 Å². The van der Waals surface area contributed by atoms with Gasteiger partial charge in [-0.3, -0.25) is 5.32 Å². The minimum Gasteiger partial charge on any atom is -0.497 e. The molecule has 0 bridgehead atoms. The smallest absolute Gasteiger partial charge is 0.231 e. The van der Waals surface area contributed by atoms with Gasteiger partial charge in [-0.05, 0) is 50.8 Å². The predicted octanol–water partition coefficient (Wildman–Crippen LogP) is 4.29. The number of halogens is 1. The number of nitrogens with one attached hydrogen (secondary N) is 2. The fourth-order valence-electron chi connectivity index (χ4n) is 2.50. The van der Waals surface area contributed by atoms with Gasteiger partial charge in [-0.1, -0.05) is 22.9 Å². The van der Waals surface area contributed by atoms with E-state index < -0.39 is 0 Å². The lowest BCUT2D eigenvalue weighted by atomic mass is 10.1. The summed E-state index contributed by atoms with van der Waals surface area (Å²) in [5, 5.41) is 7.62. The van der Waals surface area contributed by atoms with E-state index in [9.17, 15) is 0 Å². The summed E-state index contributed by atoms with van der Waals surface area (Å²) in [5.41, 5.74) is 2.03. The molecular formula is C19H23ClN6OS. The molecule has 0 aliphatic heterocycles. The van der Waals surface area contributed by atoms with E-state index in [0.717, 1.165) is 40.1 Å². The molecule has 2 N–H and O–H groups in total. The van der Waals surface area contributed by atoms with Crippen molar-refractivity contribution in [1.29, 1.82) is 0 Å². The zero-order chi connectivity index (χ0) is 20.1. The first-order valence-electron chi connectivity index (χ1n) is 8.76. The minimum absolute atomic E-state index is 0.451. The van der Waals surface area contributed by atoms with Crippen molar-refractivity contribution in [3.63, 3.8) is 0 Å². The van der Waals surface area contributed by atoms with Crippen molar-refractivity contribution in [2.75, 3.05) is 44.9 Å². The fourth-order valence-corrected chi connectivity index (χ4v) is 3.63. The van der Waals surface area contributed by atoms with Gasteiger partial charge in [0.25, 0.3) is 0 Å². The average molecular weight is 419 g/mol. The highest BCUT2D eigenvalue weighted by Crippen LogP contribution is 2.34. The third-order valence-electron chi connectivity index (χ3n) is 3.96. The Morgan fingerprint density at radius 2 is 1.93 bits per heavy atom. The molecule has 0 saturated carbocycles. The number of rotatable bonds is 8. The largest absolute Gasteiger partial charge is 0.497 e. The van der Waals surface area contributed by atoms with E-state index in [1.165, 1.54) is 0 Å². The molecule has 3 rings (SSSR count). The van der Waals surface area contributed by atoms with Crippen LogP contribution >= 0.6 is 22.9 Å². The van der Waals surface area contributed by atoms with Crippen LogP contribution in [0.4, 0.5) is 16.9 Å². The molecule has 9 heteroatoms. The lowest BCUT2D eigenvalue weighted by molar-refractivity contribution is 0.415. The van der Waals surface area contributed by atoms with Crippen LogP contribution in [0.15, 0.2) is 30.5 Å². The highest BCUT2D eigenvalue weighted by molar-refractivity contribution is 7.19. The highest BCUT2D eigenvalue weighted by Gasteiger charge is 2.12. The second-order valence-electron chi connectivity index (χ2n) is 6.41. The lowest BCUT2D eigenvalue weighted by Crippen LogP contribution is -2.21. The summed E-state index contributed by atoms with van der Waals surface area (Å²) in [6, 6.07) is 7.93. The van der Waals surface area contributed by atoms with Gasteiger partial charge in [0.2, 0.25) is 5.95 Å². The first-order valence-corrected chi connectivity index (χ1v) is 9.95. The van der Waals surface area contributed by atoms with Crippen LogP contribution in [0, 0.1) is 6.92 Å². The second-order valence-corrected chi connectivity index (χ2v) is 7.81. The van der Waals surface area contributed by atoms with Gasteiger partial charge in [-0.2, -0.15) is 4.98 Å². The van der Waals surface area contributed by atoms with Crippen LogP contribution in [0.5, 0.6) is 5.75 Å². The van der Waals surface area contributed by atoms with E-state index in [0.29, 0.717) is 16.8 Å². The Balaban J connectivity index is 1.75. The number of ether oxygens (including phenoxy) is 1. The molecule has 0 aliphatic rings. The topological polar surface area (TPSA) is 75.2 Å². The quantitative estimate of drug-likeness (QED) is 0.565. The number of methoxy groups -OCH3 is 1. The van der Waals surface area contributed by atoms with Crippen molar-refractivity contribution in [3.8, 4) is 16.2 Å². The molecule has 1 aromatic carbocycles. The Labute approximate surface area is 173 Å². The van der Waals surface area contributed by atoms with Crippen LogP contribution < -0.4 is 15.4 Å². The molecule has 0 unspecified atom stereocenters. The number of hydrogen-bond acceptors (Lipinski definition) is 8. The number of thiazole rings is 1. The monoisotopic (exact) mass is 418 g/mol. The average Bonchev–Trinajstić information content (AvgIpc) is 3.04. The van der Waals surface area contributed by atoms with E-state index in [1.807, 2.05) is 45.3 Å². The molecule has 2 aromatic heterocycles. The Morgan fingerprint density at radius 1 is 1.18 bits per heavy atom. The summed E-state index contributed by atoms with van der Waals surface area (Å²) < 4.78 is 5.22. The Kier molecular flexibility index (Phi) is 6.66. The van der Waals surface area contributed by atoms with E-state index in [2.05, 4.69) is 30.5 Å². The van der Waals surface area contributed by atoms with Gasteiger partial charge in [-0.15, -0.1) is 0 Å². The first kappa shape index (κ1) is 20.3. The SMILES string of the molecule is COc1ccc(-c2sc(Nc3ncc(Cl)c(NCCN(C)C)n3)nc2C)cc1. The fraction of sp³-hybridized carbons (Fsp3) is 0.316. The molecule has 0 saturated heterocycles. The molecule has 0 fully saturated rings. The van der Waals surface area contributed by atoms with Gasteiger partial charge in [0, 0.05) is 13.1 Å². The Hall–Kier alpha value is -2.42. The van der Waals surface area contributed by atoms with E-state index in [-0.39, 0.29) is 0 Å². The highest BCUT2D eigenvalue weighted by atomic mass is 35.5. The third-order valence-corrected chi connectivity index (χ3v) is 5.36. The van der Waals surface area contributed by atoms with Crippen LogP contribution in [-0.4, -0.2) is 54.1 Å². The number of aryl methyl sites for hydroxylation is 1. The maximum Gasteiger partial charge on any atom is 0.231 e. The van der Waals surface area contributed by atoms with Gasteiger partial charge in [0.15, 0.2) is 10.9 Å². The maximum atomic E-state index is 6.20. The molecule has 0 amide bonds. The summed E-state index contributed by atoms with van der Waals surface area (Å²) in [5.74, 6) is 1.88. The Morgan fingerprint density at radius 3 is 2.61 bits per heavy atom. The van der Waals surface area contributed by atoms with Crippen LogP contribution in [0.2, 0.25) is 5.02 Å². The number of anilines is 3. The molecule has 2 heterocycles. The van der Waals surface area contributed by atoms with E-state index >= 15 is 0 Å². The summed E-state index contributed by atoms with van der Waals surface area (Å²) in [6.07, 6.45) is 1.58. The number of aromatic nitrogens is 3. The van der Waals surface area contributed by atoms with Crippen LogP contribution in [0.1, 0.15) is 5.69 Å². The summed E-state index contributed by atoms with van der Waals surface area (Å²) in [6.45, 7) is 3.60. The first-order chi connectivity index (χ1) is 13.5. The lowest BCUT2D eigenvalue weighted by Gasteiger charge is -2.12. The minimum atomic E-state index is 0.451. The zero-order valence-corrected chi connectivity index (χ0v) is 17.9. The van der Waals surface area contributed by atoms with Crippen LogP contribution in [-0.2, 0) is 0 Å². The molecule has 0 aliphatic carbocycles. The third kappa shape index (κ3) is 5.09. The van der Waals surface area contributed by atoms with Gasteiger partial charge in [-0.25, -0.2) is 9.97 Å². The summed E-state index contributed by atoms with van der Waals surface area (Å²) in [7, 11) is 5.69. The van der Waals surface area contributed by atoms with Gasteiger partial charge in [0.05, 0.1) is 23.9 Å².